The van der Waals surface area contributed by atoms with Crippen molar-refractivity contribution in [2.75, 3.05) is 25.0 Å². The monoisotopic (exact) mass is 382 g/mol. The number of anilines is 1. The van der Waals surface area contributed by atoms with Gasteiger partial charge in [0, 0.05) is 24.2 Å². The first-order chi connectivity index (χ1) is 13.6. The molecule has 1 aliphatic heterocycles. The molecule has 1 N–H and O–H groups in total. The Kier molecular flexibility index (Phi) is 5.16. The predicted octanol–water partition coefficient (Wildman–Crippen LogP) is 2.55. The fourth-order valence-electron chi connectivity index (χ4n) is 3.52. The van der Waals surface area contributed by atoms with Crippen molar-refractivity contribution < 1.29 is 13.8 Å². The Balaban J connectivity index is 1.36. The van der Waals surface area contributed by atoms with Gasteiger partial charge in [-0.25, -0.2) is 9.97 Å². The van der Waals surface area contributed by atoms with Crippen LogP contribution in [-0.4, -0.2) is 50.7 Å². The normalized spacial score (nSPS) is 15.6. The highest BCUT2D eigenvalue weighted by atomic mass is 16.5. The van der Waals surface area contributed by atoms with Crippen LogP contribution in [0, 0.1) is 13.8 Å². The van der Waals surface area contributed by atoms with Crippen molar-refractivity contribution in [1.29, 1.82) is 0 Å². The van der Waals surface area contributed by atoms with E-state index in [1.807, 2.05) is 13.0 Å². The SMILES string of the molecule is Cc1cc(-c2cncnc2C2CCN(CC(=O)Nc3cc(C)on3)CC2)on1. The highest BCUT2D eigenvalue weighted by Gasteiger charge is 2.26. The van der Waals surface area contributed by atoms with E-state index >= 15 is 0 Å². The first-order valence-corrected chi connectivity index (χ1v) is 9.27. The Morgan fingerprint density at radius 3 is 2.71 bits per heavy atom. The summed E-state index contributed by atoms with van der Waals surface area (Å²) in [4.78, 5) is 23.0. The Labute approximate surface area is 162 Å². The lowest BCUT2D eigenvalue weighted by Gasteiger charge is -2.31. The van der Waals surface area contributed by atoms with Gasteiger partial charge in [-0.2, -0.15) is 0 Å². The number of piperidine rings is 1. The molecular formula is C19H22N6O3. The lowest BCUT2D eigenvalue weighted by atomic mass is 9.90. The predicted molar refractivity (Wildman–Crippen MR) is 101 cm³/mol. The highest BCUT2D eigenvalue weighted by Crippen LogP contribution is 2.33. The van der Waals surface area contributed by atoms with E-state index < -0.39 is 0 Å². The zero-order valence-corrected chi connectivity index (χ0v) is 15.9. The topological polar surface area (TPSA) is 110 Å². The Morgan fingerprint density at radius 1 is 1.21 bits per heavy atom. The molecular weight excluding hydrogens is 360 g/mol. The van der Waals surface area contributed by atoms with E-state index in [4.69, 9.17) is 9.05 Å². The third kappa shape index (κ3) is 4.09. The second-order valence-electron chi connectivity index (χ2n) is 7.08. The van der Waals surface area contributed by atoms with Gasteiger partial charge in [-0.05, 0) is 39.8 Å². The van der Waals surface area contributed by atoms with Gasteiger partial charge >= 0.3 is 0 Å². The van der Waals surface area contributed by atoms with Gasteiger partial charge < -0.3 is 14.4 Å². The third-order valence-electron chi connectivity index (χ3n) is 4.87. The van der Waals surface area contributed by atoms with Crippen LogP contribution in [-0.2, 0) is 4.79 Å². The van der Waals surface area contributed by atoms with E-state index in [1.165, 1.54) is 0 Å². The molecule has 1 amide bonds. The van der Waals surface area contributed by atoms with Gasteiger partial charge in [0.05, 0.1) is 23.5 Å². The zero-order valence-electron chi connectivity index (χ0n) is 15.9. The van der Waals surface area contributed by atoms with Crippen LogP contribution in [0.1, 0.15) is 35.9 Å². The van der Waals surface area contributed by atoms with Crippen LogP contribution in [0.2, 0.25) is 0 Å². The fraction of sp³-hybridized carbons (Fsp3) is 0.421. The molecule has 0 spiro atoms. The van der Waals surface area contributed by atoms with Gasteiger partial charge in [0.25, 0.3) is 0 Å². The summed E-state index contributed by atoms with van der Waals surface area (Å²) >= 11 is 0. The Bertz CT molecular complexity index is 958. The van der Waals surface area contributed by atoms with Crippen molar-refractivity contribution in [1.82, 2.24) is 25.2 Å². The maximum atomic E-state index is 12.2. The number of amides is 1. The van der Waals surface area contributed by atoms with Crippen molar-refractivity contribution in [2.24, 2.45) is 0 Å². The first kappa shape index (κ1) is 18.3. The van der Waals surface area contributed by atoms with Crippen LogP contribution in [0.5, 0.6) is 0 Å². The number of rotatable bonds is 5. The lowest BCUT2D eigenvalue weighted by Crippen LogP contribution is -2.39. The van der Waals surface area contributed by atoms with E-state index in [-0.39, 0.29) is 5.91 Å². The van der Waals surface area contributed by atoms with Crippen LogP contribution < -0.4 is 5.32 Å². The highest BCUT2D eigenvalue weighted by molar-refractivity contribution is 5.91. The van der Waals surface area contributed by atoms with Crippen molar-refractivity contribution in [3.63, 3.8) is 0 Å². The molecule has 4 heterocycles. The second kappa shape index (κ2) is 7.89. The van der Waals surface area contributed by atoms with Crippen LogP contribution in [0.15, 0.2) is 33.7 Å². The third-order valence-corrected chi connectivity index (χ3v) is 4.87. The van der Waals surface area contributed by atoms with Gasteiger partial charge in [-0.1, -0.05) is 10.3 Å². The molecule has 4 rings (SSSR count). The molecule has 0 atom stereocenters. The molecule has 9 nitrogen and oxygen atoms in total. The van der Waals surface area contributed by atoms with Gasteiger partial charge in [0.2, 0.25) is 5.91 Å². The molecule has 28 heavy (non-hydrogen) atoms. The van der Waals surface area contributed by atoms with E-state index in [9.17, 15) is 4.79 Å². The summed E-state index contributed by atoms with van der Waals surface area (Å²) in [6, 6.07) is 3.60. The van der Waals surface area contributed by atoms with E-state index in [1.54, 1.807) is 25.5 Å². The van der Waals surface area contributed by atoms with E-state index in [0.717, 1.165) is 42.9 Å². The van der Waals surface area contributed by atoms with Crippen LogP contribution in [0.25, 0.3) is 11.3 Å². The average molecular weight is 382 g/mol. The lowest BCUT2D eigenvalue weighted by molar-refractivity contribution is -0.117. The molecule has 146 valence electrons. The van der Waals surface area contributed by atoms with Crippen LogP contribution in [0.3, 0.4) is 0 Å². The quantitative estimate of drug-likeness (QED) is 0.717. The molecule has 0 aliphatic carbocycles. The number of hydrogen-bond donors (Lipinski definition) is 1. The Morgan fingerprint density at radius 2 is 2.04 bits per heavy atom. The summed E-state index contributed by atoms with van der Waals surface area (Å²) < 4.78 is 10.4. The van der Waals surface area contributed by atoms with Crippen LogP contribution in [0.4, 0.5) is 5.82 Å². The molecule has 9 heteroatoms. The second-order valence-corrected chi connectivity index (χ2v) is 7.08. The zero-order chi connectivity index (χ0) is 19.5. The molecule has 0 bridgehead atoms. The maximum absolute atomic E-state index is 12.2. The summed E-state index contributed by atoms with van der Waals surface area (Å²) in [5, 5.41) is 10.5. The summed E-state index contributed by atoms with van der Waals surface area (Å²) in [5.41, 5.74) is 2.70. The Hall–Kier alpha value is -3.07. The van der Waals surface area contributed by atoms with E-state index in [2.05, 4.69) is 30.5 Å². The van der Waals surface area contributed by atoms with Gasteiger partial charge in [0.15, 0.2) is 11.6 Å². The molecule has 1 fully saturated rings. The van der Waals surface area contributed by atoms with Crippen molar-refractivity contribution in [3.8, 4) is 11.3 Å². The van der Waals surface area contributed by atoms with Crippen molar-refractivity contribution in [3.05, 3.63) is 41.8 Å². The average Bonchev–Trinajstić information content (AvgIpc) is 3.30. The summed E-state index contributed by atoms with van der Waals surface area (Å²) in [6.45, 7) is 5.63. The van der Waals surface area contributed by atoms with E-state index in [0.29, 0.717) is 29.8 Å². The number of aromatic nitrogens is 4. The molecule has 3 aromatic rings. The van der Waals surface area contributed by atoms with Gasteiger partial charge in [-0.15, -0.1) is 0 Å². The number of carbonyl (C=O) groups excluding carboxylic acids is 1. The number of likely N-dealkylation sites (tertiary alicyclic amines) is 1. The van der Waals surface area contributed by atoms with Crippen molar-refractivity contribution >= 4 is 11.7 Å². The summed E-state index contributed by atoms with van der Waals surface area (Å²) in [5.74, 6) is 2.01. The number of nitrogens with one attached hydrogen (secondary N) is 1. The molecule has 1 saturated heterocycles. The number of hydrogen-bond acceptors (Lipinski definition) is 8. The minimum atomic E-state index is -0.0911. The van der Waals surface area contributed by atoms with Gasteiger partial charge in [0.1, 0.15) is 12.1 Å². The fourth-order valence-corrected chi connectivity index (χ4v) is 3.52. The number of carbonyl (C=O) groups is 1. The summed E-state index contributed by atoms with van der Waals surface area (Å²) in [7, 11) is 0. The number of nitrogens with zero attached hydrogens (tertiary/aromatic N) is 5. The molecule has 0 saturated carbocycles. The molecule has 0 unspecified atom stereocenters. The molecule has 0 aromatic carbocycles. The standard InChI is InChI=1S/C19H22N6O3/c1-12-7-16(28-23-12)15-9-20-11-21-19(15)14-3-5-25(6-4-14)10-18(26)22-17-8-13(2)27-24-17/h7-9,11,14H,3-6,10H2,1-2H3,(H,22,24,26). The van der Waals surface area contributed by atoms with Crippen molar-refractivity contribution in [2.45, 2.75) is 32.6 Å². The first-order valence-electron chi connectivity index (χ1n) is 9.27. The minimum Gasteiger partial charge on any atom is -0.360 e. The summed E-state index contributed by atoms with van der Waals surface area (Å²) in [6.07, 6.45) is 5.17. The maximum Gasteiger partial charge on any atom is 0.239 e. The van der Waals surface area contributed by atoms with Crippen LogP contribution >= 0.6 is 0 Å². The number of aryl methyl sites for hydroxylation is 2. The molecule has 3 aromatic heterocycles. The molecule has 0 radical (unpaired) electrons. The minimum absolute atomic E-state index is 0.0911. The van der Waals surface area contributed by atoms with Gasteiger partial charge in [-0.3, -0.25) is 9.69 Å². The largest absolute Gasteiger partial charge is 0.360 e. The smallest absolute Gasteiger partial charge is 0.239 e. The molecule has 1 aliphatic rings.